The molecule has 0 unspecified atom stereocenters. The molecule has 0 radical (unpaired) electrons. The number of rotatable bonds is 5. The molecule has 0 N–H and O–H groups in total. The molecule has 1 amide bonds. The lowest BCUT2D eigenvalue weighted by Crippen LogP contribution is -2.49. The average molecular weight is 440 g/mol. The molecule has 0 aliphatic carbocycles. The van der Waals surface area contributed by atoms with Crippen LogP contribution in [0, 0.1) is 0 Å². The van der Waals surface area contributed by atoms with Gasteiger partial charge in [0.15, 0.2) is 0 Å². The zero-order valence-electron chi connectivity index (χ0n) is 18.5. The maximum atomic E-state index is 13.6. The predicted octanol–water partition coefficient (Wildman–Crippen LogP) is 4.05. The van der Waals surface area contributed by atoms with Gasteiger partial charge in [-0.3, -0.25) is 4.79 Å². The molecule has 7 nitrogen and oxygen atoms in total. The van der Waals surface area contributed by atoms with Crippen LogP contribution in [0.4, 0.5) is 5.95 Å². The number of anilines is 1. The van der Waals surface area contributed by atoms with Crippen LogP contribution in [0.5, 0.6) is 5.75 Å². The molecule has 2 aromatic heterocycles. The number of ether oxygens (including phenoxy) is 1. The van der Waals surface area contributed by atoms with E-state index in [1.165, 1.54) is 0 Å². The Bertz CT molecular complexity index is 1250. The summed E-state index contributed by atoms with van der Waals surface area (Å²) < 4.78 is 5.55. The number of benzene rings is 2. The fraction of sp³-hybridized carbons (Fsp3) is 0.231. The number of carbonyl (C=O) groups is 1. The second-order valence-electron chi connectivity index (χ2n) is 7.86. The minimum atomic E-state index is 0.0226. The van der Waals surface area contributed by atoms with E-state index < -0.39 is 0 Å². The number of nitrogens with zero attached hydrogens (tertiary/aromatic N) is 5. The average Bonchev–Trinajstić information content (AvgIpc) is 2.89. The van der Waals surface area contributed by atoms with Crippen molar-refractivity contribution in [1.82, 2.24) is 19.9 Å². The standard InChI is InChI=1S/C26H25N5O2/c1-2-33-20-10-8-19(9-11-20)24-18-22(21-6-3-4-7-23(21)29-24)25(32)30-14-16-31(17-15-30)26-27-12-5-13-28-26/h3-13,18H,2,14-17H2,1H3. The van der Waals surface area contributed by atoms with Crippen LogP contribution in [0.2, 0.25) is 0 Å². The third-order valence-corrected chi connectivity index (χ3v) is 5.81. The molecule has 5 rings (SSSR count). The zero-order chi connectivity index (χ0) is 22.6. The highest BCUT2D eigenvalue weighted by Gasteiger charge is 2.25. The molecule has 0 bridgehead atoms. The van der Waals surface area contributed by atoms with Gasteiger partial charge >= 0.3 is 0 Å². The van der Waals surface area contributed by atoms with E-state index in [0.29, 0.717) is 44.3 Å². The SMILES string of the molecule is CCOc1ccc(-c2cc(C(=O)N3CCN(c4ncccn4)CC3)c3ccccc3n2)cc1. The molecule has 1 fully saturated rings. The molecular formula is C26H25N5O2. The van der Waals surface area contributed by atoms with Crippen molar-refractivity contribution in [3.8, 4) is 17.0 Å². The number of carbonyl (C=O) groups excluding carboxylic acids is 1. The number of piperazine rings is 1. The van der Waals surface area contributed by atoms with Gasteiger partial charge in [0, 0.05) is 49.5 Å². The molecule has 0 atom stereocenters. The molecular weight excluding hydrogens is 414 g/mol. The van der Waals surface area contributed by atoms with E-state index in [9.17, 15) is 4.79 Å². The fourth-order valence-electron chi connectivity index (χ4n) is 4.12. The van der Waals surface area contributed by atoms with Gasteiger partial charge < -0.3 is 14.5 Å². The van der Waals surface area contributed by atoms with Crippen LogP contribution < -0.4 is 9.64 Å². The van der Waals surface area contributed by atoms with E-state index in [1.54, 1.807) is 18.5 Å². The van der Waals surface area contributed by atoms with Crippen molar-refractivity contribution >= 4 is 22.8 Å². The molecule has 3 heterocycles. The Labute approximate surface area is 192 Å². The highest BCUT2D eigenvalue weighted by molar-refractivity contribution is 6.07. The summed E-state index contributed by atoms with van der Waals surface area (Å²) in [6.45, 7) is 5.21. The molecule has 0 saturated carbocycles. The lowest BCUT2D eigenvalue weighted by atomic mass is 10.0. The Morgan fingerprint density at radius 3 is 2.39 bits per heavy atom. The van der Waals surface area contributed by atoms with E-state index in [2.05, 4.69) is 14.9 Å². The topological polar surface area (TPSA) is 71.5 Å². The van der Waals surface area contributed by atoms with E-state index in [4.69, 9.17) is 9.72 Å². The van der Waals surface area contributed by atoms with Crippen LogP contribution >= 0.6 is 0 Å². The largest absolute Gasteiger partial charge is 0.494 e. The predicted molar refractivity (Wildman–Crippen MR) is 128 cm³/mol. The summed E-state index contributed by atoms with van der Waals surface area (Å²) in [6.07, 6.45) is 3.48. The monoisotopic (exact) mass is 439 g/mol. The maximum absolute atomic E-state index is 13.6. The van der Waals surface area contributed by atoms with Crippen molar-refractivity contribution in [3.05, 3.63) is 78.6 Å². The van der Waals surface area contributed by atoms with Gasteiger partial charge in [0.25, 0.3) is 5.91 Å². The summed E-state index contributed by atoms with van der Waals surface area (Å²) in [7, 11) is 0. The normalized spacial score (nSPS) is 13.8. The van der Waals surface area contributed by atoms with Crippen molar-refractivity contribution in [1.29, 1.82) is 0 Å². The molecule has 1 aliphatic heterocycles. The first-order valence-electron chi connectivity index (χ1n) is 11.2. The number of fused-ring (bicyclic) bond motifs is 1. The Balaban J connectivity index is 1.43. The van der Waals surface area contributed by atoms with Crippen LogP contribution in [0.1, 0.15) is 17.3 Å². The third-order valence-electron chi connectivity index (χ3n) is 5.81. The van der Waals surface area contributed by atoms with Gasteiger partial charge in [0.05, 0.1) is 23.4 Å². The first-order valence-corrected chi connectivity index (χ1v) is 11.2. The van der Waals surface area contributed by atoms with Crippen LogP contribution in [0.15, 0.2) is 73.1 Å². The van der Waals surface area contributed by atoms with Gasteiger partial charge in [-0.1, -0.05) is 18.2 Å². The lowest BCUT2D eigenvalue weighted by molar-refractivity contribution is 0.0748. The number of hydrogen-bond donors (Lipinski definition) is 0. The van der Waals surface area contributed by atoms with Crippen LogP contribution in [0.3, 0.4) is 0 Å². The maximum Gasteiger partial charge on any atom is 0.254 e. The van der Waals surface area contributed by atoms with E-state index in [1.807, 2.05) is 66.4 Å². The Morgan fingerprint density at radius 1 is 0.939 bits per heavy atom. The van der Waals surface area contributed by atoms with Gasteiger partial charge in [-0.05, 0) is 49.4 Å². The van der Waals surface area contributed by atoms with Gasteiger partial charge in [-0.2, -0.15) is 0 Å². The van der Waals surface area contributed by atoms with Crippen molar-refractivity contribution in [3.63, 3.8) is 0 Å². The number of aromatic nitrogens is 3. The molecule has 166 valence electrons. The Hall–Kier alpha value is -4.00. The van der Waals surface area contributed by atoms with Crippen LogP contribution in [-0.4, -0.2) is 58.5 Å². The fourth-order valence-corrected chi connectivity index (χ4v) is 4.12. The molecule has 7 heteroatoms. The number of pyridine rings is 1. The summed E-state index contributed by atoms with van der Waals surface area (Å²) in [5, 5.41) is 0.867. The van der Waals surface area contributed by atoms with Crippen molar-refractivity contribution in [2.45, 2.75) is 6.92 Å². The first kappa shape index (κ1) is 20.9. The minimum absolute atomic E-state index is 0.0226. The van der Waals surface area contributed by atoms with Crippen molar-refractivity contribution in [2.75, 3.05) is 37.7 Å². The first-order chi connectivity index (χ1) is 16.2. The second kappa shape index (κ2) is 9.24. The van der Waals surface area contributed by atoms with Gasteiger partial charge in [0.1, 0.15) is 5.75 Å². The molecule has 1 saturated heterocycles. The number of amides is 1. The van der Waals surface area contributed by atoms with Gasteiger partial charge in [0.2, 0.25) is 5.95 Å². The van der Waals surface area contributed by atoms with E-state index in [0.717, 1.165) is 27.9 Å². The highest BCUT2D eigenvalue weighted by atomic mass is 16.5. The Morgan fingerprint density at radius 2 is 1.67 bits per heavy atom. The summed E-state index contributed by atoms with van der Waals surface area (Å²) in [6, 6.07) is 19.4. The smallest absolute Gasteiger partial charge is 0.254 e. The summed E-state index contributed by atoms with van der Waals surface area (Å²) >= 11 is 0. The van der Waals surface area contributed by atoms with Crippen molar-refractivity contribution < 1.29 is 9.53 Å². The van der Waals surface area contributed by atoms with Crippen LogP contribution in [0.25, 0.3) is 22.2 Å². The number of para-hydroxylation sites is 1. The molecule has 2 aromatic carbocycles. The minimum Gasteiger partial charge on any atom is -0.494 e. The van der Waals surface area contributed by atoms with Gasteiger partial charge in [-0.25, -0.2) is 15.0 Å². The molecule has 1 aliphatic rings. The lowest BCUT2D eigenvalue weighted by Gasteiger charge is -2.34. The zero-order valence-corrected chi connectivity index (χ0v) is 18.5. The molecule has 0 spiro atoms. The quantitative estimate of drug-likeness (QED) is 0.467. The highest BCUT2D eigenvalue weighted by Crippen LogP contribution is 2.27. The summed E-state index contributed by atoms with van der Waals surface area (Å²) in [5.74, 6) is 1.55. The van der Waals surface area contributed by atoms with Gasteiger partial charge in [-0.15, -0.1) is 0 Å². The molecule has 4 aromatic rings. The summed E-state index contributed by atoms with van der Waals surface area (Å²) in [4.78, 5) is 31.1. The summed E-state index contributed by atoms with van der Waals surface area (Å²) in [5.41, 5.74) is 3.21. The van der Waals surface area contributed by atoms with E-state index >= 15 is 0 Å². The second-order valence-corrected chi connectivity index (χ2v) is 7.86. The third kappa shape index (κ3) is 4.35. The van der Waals surface area contributed by atoms with E-state index in [-0.39, 0.29) is 5.91 Å². The van der Waals surface area contributed by atoms with Crippen LogP contribution in [-0.2, 0) is 0 Å². The number of hydrogen-bond acceptors (Lipinski definition) is 6. The Kier molecular flexibility index (Phi) is 5.85. The molecule has 33 heavy (non-hydrogen) atoms. The van der Waals surface area contributed by atoms with Crippen molar-refractivity contribution in [2.24, 2.45) is 0 Å².